The van der Waals surface area contributed by atoms with Crippen LogP contribution in [-0.2, 0) is 0 Å². The Kier molecular flexibility index (Phi) is 10.5. The van der Waals surface area contributed by atoms with Crippen LogP contribution >= 0.6 is 0 Å². The molecule has 0 aromatic heterocycles. The zero-order valence-electron chi connectivity index (χ0n) is 16.0. The lowest BCUT2D eigenvalue weighted by Gasteiger charge is -2.19. The van der Waals surface area contributed by atoms with Crippen LogP contribution in [0, 0.1) is 36.3 Å². The van der Waals surface area contributed by atoms with Gasteiger partial charge in [-0.2, -0.15) is 0 Å². The first-order chi connectivity index (χ1) is 12.5. The molecule has 1 aromatic rings. The third-order valence-electron chi connectivity index (χ3n) is 3.68. The van der Waals surface area contributed by atoms with Crippen LogP contribution in [0.5, 0.6) is 5.75 Å². The Labute approximate surface area is 157 Å². The molecule has 0 aliphatic heterocycles. The molecule has 27 heavy (non-hydrogen) atoms. The van der Waals surface area contributed by atoms with Crippen LogP contribution in [0.2, 0.25) is 0 Å². The van der Waals surface area contributed by atoms with Gasteiger partial charge in [0.25, 0.3) is 11.4 Å². The number of phenolic OH excluding ortho intramolecular Hbond substituents is 1. The molecule has 0 saturated carbocycles. The lowest BCUT2D eigenvalue weighted by Crippen LogP contribution is -2.21. The summed E-state index contributed by atoms with van der Waals surface area (Å²) in [5.74, 6) is -0.277. The Bertz CT molecular complexity index is 623. The monoisotopic (exact) mass is 386 g/mol. The Morgan fingerprint density at radius 1 is 0.926 bits per heavy atom. The molecule has 1 rings (SSSR count). The number of nitrogens with zero attached hydrogens (tertiary/aromatic N) is 4. The van der Waals surface area contributed by atoms with Crippen molar-refractivity contribution in [2.75, 3.05) is 20.6 Å². The molecule has 0 atom stereocenters. The highest BCUT2D eigenvalue weighted by molar-refractivity contribution is 5.64. The lowest BCUT2D eigenvalue weighted by atomic mass is 9.98. The minimum absolute atomic E-state index is 0.447. The van der Waals surface area contributed by atoms with Crippen LogP contribution in [0.15, 0.2) is 12.1 Å². The van der Waals surface area contributed by atoms with E-state index in [9.17, 15) is 30.3 Å². The number of hydrogen-bond donors (Lipinski definition) is 1. The highest BCUT2D eigenvalue weighted by atomic mass is 16.6. The van der Waals surface area contributed by atoms with E-state index in [4.69, 9.17) is 5.11 Å². The summed E-state index contributed by atoms with van der Waals surface area (Å²) in [7, 11) is 4.33. The molecule has 1 N–H and O–H groups in total. The number of nitro groups is 3. The standard InChI is InChI=1S/C10H23N.C6H3N3O7/c1-5-7-10(8-6-2)9-11(3)4;10-6-4(8(13)14)1-3(7(11)12)2-5(6)9(15)16/h10H,5-9H2,1-4H3;1-2,10H. The van der Waals surface area contributed by atoms with E-state index in [0.29, 0.717) is 12.1 Å². The smallest absolute Gasteiger partial charge is 0.324 e. The predicted octanol–water partition coefficient (Wildman–Crippen LogP) is 3.88. The van der Waals surface area contributed by atoms with Crippen LogP contribution in [0.3, 0.4) is 0 Å². The summed E-state index contributed by atoms with van der Waals surface area (Å²) in [6.07, 6.45) is 5.45. The van der Waals surface area contributed by atoms with Gasteiger partial charge in [-0.25, -0.2) is 0 Å². The van der Waals surface area contributed by atoms with Crippen LogP contribution in [0.25, 0.3) is 0 Å². The average molecular weight is 386 g/mol. The van der Waals surface area contributed by atoms with Gasteiger partial charge in [0.05, 0.1) is 26.9 Å². The van der Waals surface area contributed by atoms with Gasteiger partial charge < -0.3 is 10.0 Å². The average Bonchev–Trinajstić information content (AvgIpc) is 2.54. The van der Waals surface area contributed by atoms with Crippen LogP contribution < -0.4 is 0 Å². The summed E-state index contributed by atoms with van der Waals surface area (Å²) < 4.78 is 0. The number of benzene rings is 1. The molecule has 0 aliphatic carbocycles. The van der Waals surface area contributed by atoms with Gasteiger partial charge in [0.2, 0.25) is 0 Å². The molecule has 0 aliphatic rings. The molecule has 1 aromatic carbocycles. The zero-order valence-corrected chi connectivity index (χ0v) is 16.0. The predicted molar refractivity (Wildman–Crippen MR) is 99.9 cm³/mol. The van der Waals surface area contributed by atoms with Gasteiger partial charge in [-0.05, 0) is 32.9 Å². The largest absolute Gasteiger partial charge is 0.497 e. The van der Waals surface area contributed by atoms with Crippen molar-refractivity contribution >= 4 is 17.1 Å². The highest BCUT2D eigenvalue weighted by Crippen LogP contribution is 2.38. The number of aromatic hydroxyl groups is 1. The summed E-state index contributed by atoms with van der Waals surface area (Å²) in [4.78, 5) is 30.1. The molecular formula is C16H26N4O7. The molecule has 11 nitrogen and oxygen atoms in total. The van der Waals surface area contributed by atoms with Gasteiger partial charge >= 0.3 is 11.4 Å². The van der Waals surface area contributed by atoms with E-state index in [2.05, 4.69) is 32.8 Å². The van der Waals surface area contributed by atoms with Gasteiger partial charge in [0.15, 0.2) is 0 Å². The summed E-state index contributed by atoms with van der Waals surface area (Å²) >= 11 is 0. The van der Waals surface area contributed by atoms with Crippen molar-refractivity contribution in [3.63, 3.8) is 0 Å². The van der Waals surface area contributed by atoms with E-state index in [1.165, 1.54) is 32.2 Å². The lowest BCUT2D eigenvalue weighted by molar-refractivity contribution is -0.404. The summed E-state index contributed by atoms with van der Waals surface area (Å²) in [5.41, 5.74) is -3.00. The van der Waals surface area contributed by atoms with E-state index in [1.807, 2.05) is 0 Å². The Morgan fingerprint density at radius 3 is 1.59 bits per heavy atom. The van der Waals surface area contributed by atoms with E-state index < -0.39 is 37.6 Å². The van der Waals surface area contributed by atoms with Crippen LogP contribution in [0.4, 0.5) is 17.1 Å². The first kappa shape index (κ1) is 24.2. The molecular weight excluding hydrogens is 360 g/mol. The van der Waals surface area contributed by atoms with E-state index in [-0.39, 0.29) is 0 Å². The maximum Gasteiger partial charge on any atom is 0.324 e. The number of nitro benzene ring substituents is 3. The Balaban J connectivity index is 0.000000541. The third-order valence-corrected chi connectivity index (χ3v) is 3.68. The molecule has 0 unspecified atom stereocenters. The van der Waals surface area contributed by atoms with Crippen LogP contribution in [0.1, 0.15) is 39.5 Å². The Morgan fingerprint density at radius 2 is 1.33 bits per heavy atom. The maximum atomic E-state index is 10.4. The van der Waals surface area contributed by atoms with Gasteiger partial charge in [-0.15, -0.1) is 0 Å². The van der Waals surface area contributed by atoms with E-state index in [1.54, 1.807) is 0 Å². The second-order valence-electron chi connectivity index (χ2n) is 6.31. The maximum absolute atomic E-state index is 10.4. The van der Waals surface area contributed by atoms with Crippen molar-refractivity contribution in [2.45, 2.75) is 39.5 Å². The number of rotatable bonds is 9. The van der Waals surface area contributed by atoms with Crippen molar-refractivity contribution in [1.82, 2.24) is 4.90 Å². The third kappa shape index (κ3) is 8.40. The molecule has 152 valence electrons. The SMILES string of the molecule is CCCC(CCC)CN(C)C.O=[N+]([O-])c1cc([N+](=O)[O-])c(O)c([N+](=O)[O-])c1. The van der Waals surface area contributed by atoms with E-state index >= 15 is 0 Å². The molecule has 0 spiro atoms. The number of non-ortho nitro benzene ring substituents is 1. The fourth-order valence-corrected chi connectivity index (χ4v) is 2.63. The van der Waals surface area contributed by atoms with Crippen molar-refractivity contribution < 1.29 is 19.9 Å². The van der Waals surface area contributed by atoms with Gasteiger partial charge in [-0.1, -0.05) is 26.7 Å². The van der Waals surface area contributed by atoms with Gasteiger partial charge in [0, 0.05) is 6.54 Å². The first-order valence-corrected chi connectivity index (χ1v) is 8.49. The first-order valence-electron chi connectivity index (χ1n) is 8.49. The second kappa shape index (κ2) is 11.7. The minimum Gasteiger partial charge on any atom is -0.497 e. The summed E-state index contributed by atoms with van der Waals surface area (Å²) in [5, 5.41) is 40.2. The molecule has 0 saturated heterocycles. The van der Waals surface area contributed by atoms with Crippen molar-refractivity contribution in [1.29, 1.82) is 0 Å². The Hall–Kier alpha value is -2.82. The molecule has 0 bridgehead atoms. The molecule has 0 amide bonds. The van der Waals surface area contributed by atoms with E-state index in [0.717, 1.165) is 5.92 Å². The van der Waals surface area contributed by atoms with Gasteiger partial charge in [-0.3, -0.25) is 30.3 Å². The summed E-state index contributed by atoms with van der Waals surface area (Å²) in [6.45, 7) is 5.82. The van der Waals surface area contributed by atoms with Gasteiger partial charge in [0.1, 0.15) is 0 Å². The zero-order chi connectivity index (χ0) is 21.1. The molecule has 0 heterocycles. The van der Waals surface area contributed by atoms with Crippen molar-refractivity contribution in [2.24, 2.45) is 5.92 Å². The fraction of sp³-hybridized carbons (Fsp3) is 0.625. The topological polar surface area (TPSA) is 153 Å². The second-order valence-corrected chi connectivity index (χ2v) is 6.31. The quantitative estimate of drug-likeness (QED) is 0.495. The summed E-state index contributed by atoms with van der Waals surface area (Å²) in [6, 6.07) is 0.894. The minimum atomic E-state index is -1.21. The normalized spacial score (nSPS) is 10.4. The molecule has 0 fully saturated rings. The molecule has 0 radical (unpaired) electrons. The van der Waals surface area contributed by atoms with Crippen molar-refractivity contribution in [3.05, 3.63) is 42.5 Å². The number of phenols is 1. The van der Waals surface area contributed by atoms with Crippen LogP contribution in [-0.4, -0.2) is 45.4 Å². The van der Waals surface area contributed by atoms with Crippen molar-refractivity contribution in [3.8, 4) is 5.75 Å². The fourth-order valence-electron chi connectivity index (χ4n) is 2.63. The number of hydrogen-bond acceptors (Lipinski definition) is 8. The molecule has 11 heteroatoms. The highest BCUT2D eigenvalue weighted by Gasteiger charge is 2.30.